The van der Waals surface area contributed by atoms with E-state index < -0.39 is 16.0 Å². The van der Waals surface area contributed by atoms with Crippen LogP contribution in [0.4, 0.5) is 0 Å². The van der Waals surface area contributed by atoms with Crippen LogP contribution in [-0.4, -0.2) is 21.5 Å². The van der Waals surface area contributed by atoms with E-state index in [1.807, 2.05) is 42.5 Å². The van der Waals surface area contributed by atoms with Crippen molar-refractivity contribution in [3.05, 3.63) is 77.4 Å². The average Bonchev–Trinajstić information content (AvgIpc) is 2.66. The molecule has 6 heteroatoms. The number of nitrogens with one attached hydrogen (secondary N) is 1. The molecule has 0 saturated heterocycles. The number of carbonyl (C=O) groups excluding carboxylic acids is 1. The van der Waals surface area contributed by atoms with E-state index in [0.29, 0.717) is 5.56 Å². The minimum atomic E-state index is -3.77. The molecular formula is C20H19NO4S. The summed E-state index contributed by atoms with van der Waals surface area (Å²) < 4.78 is 32.6. The molecule has 0 bridgehead atoms. The largest absolute Gasteiger partial charge is 0.465 e. The van der Waals surface area contributed by atoms with Gasteiger partial charge < -0.3 is 4.74 Å². The van der Waals surface area contributed by atoms with E-state index in [4.69, 9.17) is 4.74 Å². The van der Waals surface area contributed by atoms with Gasteiger partial charge in [0.25, 0.3) is 0 Å². The first-order valence-electron chi connectivity index (χ1n) is 8.07. The first-order valence-corrected chi connectivity index (χ1v) is 9.56. The molecule has 0 amide bonds. The van der Waals surface area contributed by atoms with Crippen molar-refractivity contribution in [3.8, 4) is 0 Å². The van der Waals surface area contributed by atoms with Gasteiger partial charge in [-0.2, -0.15) is 0 Å². The maximum atomic E-state index is 12.7. The zero-order valence-electron chi connectivity index (χ0n) is 14.5. The lowest BCUT2D eigenvalue weighted by atomic mass is 10.1. The van der Waals surface area contributed by atoms with Crippen LogP contribution in [0.15, 0.2) is 65.6 Å². The van der Waals surface area contributed by atoms with Crippen LogP contribution in [0.1, 0.15) is 21.5 Å². The summed E-state index contributed by atoms with van der Waals surface area (Å²) in [5, 5.41) is 2.05. The standard InChI is InChI=1S/C20H19NO4S/c1-14-10-11-17(12-19(14)20(22)25-2)26(23,24)21-13-16-8-5-7-15-6-3-4-9-18(15)16/h3-12,21H,13H2,1-2H3. The molecular weight excluding hydrogens is 350 g/mol. The fourth-order valence-corrected chi connectivity index (χ4v) is 3.83. The van der Waals surface area contributed by atoms with Gasteiger partial charge in [0.1, 0.15) is 0 Å². The van der Waals surface area contributed by atoms with Gasteiger partial charge in [-0.3, -0.25) is 0 Å². The lowest BCUT2D eigenvalue weighted by molar-refractivity contribution is 0.0599. The van der Waals surface area contributed by atoms with Crippen molar-refractivity contribution in [2.24, 2.45) is 0 Å². The molecule has 0 spiro atoms. The van der Waals surface area contributed by atoms with Gasteiger partial charge in [0.2, 0.25) is 10.0 Å². The van der Waals surface area contributed by atoms with Gasteiger partial charge in [0.15, 0.2) is 0 Å². The molecule has 1 N–H and O–H groups in total. The highest BCUT2D eigenvalue weighted by atomic mass is 32.2. The molecule has 0 aromatic heterocycles. The SMILES string of the molecule is COC(=O)c1cc(S(=O)(=O)NCc2cccc3ccccc23)ccc1C. The molecule has 0 aliphatic carbocycles. The van der Waals surface area contributed by atoms with Gasteiger partial charge in [-0.05, 0) is 41.0 Å². The van der Waals surface area contributed by atoms with Gasteiger partial charge >= 0.3 is 5.97 Å². The number of sulfonamides is 1. The highest BCUT2D eigenvalue weighted by molar-refractivity contribution is 7.89. The van der Waals surface area contributed by atoms with Crippen LogP contribution in [-0.2, 0) is 21.3 Å². The lowest BCUT2D eigenvalue weighted by Gasteiger charge is -2.11. The molecule has 3 rings (SSSR count). The second-order valence-corrected chi connectivity index (χ2v) is 7.70. The molecule has 26 heavy (non-hydrogen) atoms. The summed E-state index contributed by atoms with van der Waals surface area (Å²) in [5.41, 5.74) is 1.78. The number of hydrogen-bond acceptors (Lipinski definition) is 4. The number of rotatable bonds is 5. The smallest absolute Gasteiger partial charge is 0.338 e. The van der Waals surface area contributed by atoms with Crippen LogP contribution < -0.4 is 4.72 Å². The molecule has 0 atom stereocenters. The summed E-state index contributed by atoms with van der Waals surface area (Å²) in [7, 11) is -2.50. The Bertz CT molecular complexity index is 1070. The Morgan fingerprint density at radius 2 is 1.77 bits per heavy atom. The van der Waals surface area contributed by atoms with Crippen molar-refractivity contribution in [2.45, 2.75) is 18.4 Å². The third-order valence-corrected chi connectivity index (χ3v) is 5.66. The Balaban J connectivity index is 1.89. The number of hydrogen-bond donors (Lipinski definition) is 1. The quantitative estimate of drug-likeness (QED) is 0.700. The number of benzene rings is 3. The molecule has 134 valence electrons. The first-order chi connectivity index (χ1) is 12.4. The number of aryl methyl sites for hydroxylation is 1. The first kappa shape index (κ1) is 18.1. The predicted octanol–water partition coefficient (Wildman–Crippen LogP) is 3.41. The van der Waals surface area contributed by atoms with Crippen molar-refractivity contribution in [1.29, 1.82) is 0 Å². The fourth-order valence-electron chi connectivity index (χ4n) is 2.80. The molecule has 0 fully saturated rings. The van der Waals surface area contributed by atoms with E-state index in [0.717, 1.165) is 16.3 Å². The minimum Gasteiger partial charge on any atom is -0.465 e. The van der Waals surface area contributed by atoms with Crippen LogP contribution >= 0.6 is 0 Å². The minimum absolute atomic E-state index is 0.0312. The zero-order chi connectivity index (χ0) is 18.7. The number of esters is 1. The molecule has 0 radical (unpaired) electrons. The summed E-state index contributed by atoms with van der Waals surface area (Å²) in [6, 6.07) is 18.0. The highest BCUT2D eigenvalue weighted by Gasteiger charge is 2.18. The summed E-state index contributed by atoms with van der Waals surface area (Å²) in [6.07, 6.45) is 0. The van der Waals surface area contributed by atoms with Crippen molar-refractivity contribution in [3.63, 3.8) is 0 Å². The average molecular weight is 369 g/mol. The Morgan fingerprint density at radius 1 is 1.04 bits per heavy atom. The van der Waals surface area contributed by atoms with Gasteiger partial charge in [0, 0.05) is 6.54 Å². The number of methoxy groups -OCH3 is 1. The molecule has 3 aromatic rings. The molecule has 0 heterocycles. The lowest BCUT2D eigenvalue weighted by Crippen LogP contribution is -2.23. The van der Waals surface area contributed by atoms with Gasteiger partial charge in [0.05, 0.1) is 17.6 Å². The maximum Gasteiger partial charge on any atom is 0.338 e. The molecule has 3 aromatic carbocycles. The summed E-state index contributed by atoms with van der Waals surface area (Å²) in [6.45, 7) is 1.89. The van der Waals surface area contributed by atoms with Gasteiger partial charge in [-0.1, -0.05) is 48.5 Å². The third kappa shape index (κ3) is 3.61. The van der Waals surface area contributed by atoms with Crippen LogP contribution in [0.2, 0.25) is 0 Å². The number of fused-ring (bicyclic) bond motifs is 1. The second-order valence-electron chi connectivity index (χ2n) is 5.93. The summed E-state index contributed by atoms with van der Waals surface area (Å²) >= 11 is 0. The topological polar surface area (TPSA) is 72.5 Å². The molecule has 0 unspecified atom stereocenters. The fraction of sp³-hybridized carbons (Fsp3) is 0.150. The molecule has 0 saturated carbocycles. The van der Waals surface area contributed by atoms with Gasteiger partial charge in [-0.15, -0.1) is 0 Å². The van der Waals surface area contributed by atoms with Gasteiger partial charge in [-0.25, -0.2) is 17.9 Å². The van der Waals surface area contributed by atoms with Crippen LogP contribution in [0.3, 0.4) is 0 Å². The van der Waals surface area contributed by atoms with E-state index in [-0.39, 0.29) is 17.0 Å². The van der Waals surface area contributed by atoms with Crippen LogP contribution in [0.5, 0.6) is 0 Å². The Labute approximate surface area is 152 Å². The Kier molecular flexibility index (Phi) is 5.06. The predicted molar refractivity (Wildman–Crippen MR) is 100 cm³/mol. The molecule has 5 nitrogen and oxygen atoms in total. The van der Waals surface area contributed by atoms with E-state index in [2.05, 4.69) is 4.72 Å². The van der Waals surface area contributed by atoms with Crippen molar-refractivity contribution in [2.75, 3.05) is 7.11 Å². The van der Waals surface area contributed by atoms with Crippen molar-refractivity contribution >= 4 is 26.8 Å². The Morgan fingerprint density at radius 3 is 2.54 bits per heavy atom. The van der Waals surface area contributed by atoms with E-state index in [1.54, 1.807) is 13.0 Å². The normalized spacial score (nSPS) is 11.5. The zero-order valence-corrected chi connectivity index (χ0v) is 15.3. The third-order valence-electron chi connectivity index (χ3n) is 4.26. The monoisotopic (exact) mass is 369 g/mol. The van der Waals surface area contributed by atoms with E-state index >= 15 is 0 Å². The number of carbonyl (C=O) groups is 1. The Hall–Kier alpha value is -2.70. The highest BCUT2D eigenvalue weighted by Crippen LogP contribution is 2.20. The summed E-state index contributed by atoms with van der Waals surface area (Å²) in [4.78, 5) is 11.8. The van der Waals surface area contributed by atoms with E-state index in [1.165, 1.54) is 19.2 Å². The second kappa shape index (κ2) is 7.27. The maximum absolute atomic E-state index is 12.7. The number of ether oxygens (including phenoxy) is 1. The summed E-state index contributed by atoms with van der Waals surface area (Å²) in [5.74, 6) is -0.561. The van der Waals surface area contributed by atoms with Crippen molar-refractivity contribution in [1.82, 2.24) is 4.72 Å². The van der Waals surface area contributed by atoms with Crippen LogP contribution in [0, 0.1) is 6.92 Å². The van der Waals surface area contributed by atoms with Crippen LogP contribution in [0.25, 0.3) is 10.8 Å². The van der Waals surface area contributed by atoms with E-state index in [9.17, 15) is 13.2 Å². The van der Waals surface area contributed by atoms with Crippen molar-refractivity contribution < 1.29 is 17.9 Å². The molecule has 0 aliphatic heterocycles. The molecule has 0 aliphatic rings.